The van der Waals surface area contributed by atoms with Crippen molar-refractivity contribution in [1.82, 2.24) is 4.90 Å². The molecule has 9 heteroatoms. The summed E-state index contributed by atoms with van der Waals surface area (Å²) >= 11 is 4.38. The van der Waals surface area contributed by atoms with E-state index in [-0.39, 0.29) is 24.2 Å². The predicted octanol–water partition coefficient (Wildman–Crippen LogP) is 6.29. The van der Waals surface area contributed by atoms with E-state index in [4.69, 9.17) is 14.2 Å². The first-order chi connectivity index (χ1) is 16.9. The fraction of sp³-hybridized carbons (Fsp3) is 0.154. The number of nitrogens with zero attached hydrogens (tertiary/aromatic N) is 1. The lowest BCUT2D eigenvalue weighted by Crippen LogP contribution is -2.32. The summed E-state index contributed by atoms with van der Waals surface area (Å²) in [6.07, 6.45) is 1.64. The van der Waals surface area contributed by atoms with Crippen LogP contribution >= 0.6 is 27.7 Å². The number of halogens is 2. The number of methoxy groups -OCH3 is 1. The molecule has 0 saturated carbocycles. The summed E-state index contributed by atoms with van der Waals surface area (Å²) in [6, 6.07) is 18.8. The minimum Gasteiger partial charge on any atom is -0.493 e. The van der Waals surface area contributed by atoms with Crippen molar-refractivity contribution in [3.8, 4) is 17.2 Å². The smallest absolute Gasteiger partial charge is 0.293 e. The molecule has 3 aromatic carbocycles. The highest BCUT2D eigenvalue weighted by Gasteiger charge is 2.35. The van der Waals surface area contributed by atoms with E-state index in [2.05, 4.69) is 15.9 Å². The Bertz CT molecular complexity index is 1250. The Morgan fingerprint density at radius 2 is 1.77 bits per heavy atom. The summed E-state index contributed by atoms with van der Waals surface area (Å²) < 4.78 is 30.6. The van der Waals surface area contributed by atoms with Gasteiger partial charge < -0.3 is 14.2 Å². The molecule has 35 heavy (non-hydrogen) atoms. The number of benzene rings is 3. The highest BCUT2D eigenvalue weighted by atomic mass is 79.9. The van der Waals surface area contributed by atoms with Crippen molar-refractivity contribution in [3.63, 3.8) is 0 Å². The topological polar surface area (TPSA) is 65.1 Å². The third-order valence-corrected chi connectivity index (χ3v) is 6.54. The average Bonchev–Trinajstić information content (AvgIpc) is 3.12. The van der Waals surface area contributed by atoms with Gasteiger partial charge in [0.2, 0.25) is 0 Å². The number of carbonyl (C=O) groups excluding carboxylic acids is 2. The number of rotatable bonds is 9. The molecule has 0 spiro atoms. The number of amides is 2. The van der Waals surface area contributed by atoms with Gasteiger partial charge in [0.05, 0.1) is 23.0 Å². The third-order valence-electron chi connectivity index (χ3n) is 5.05. The first-order valence-electron chi connectivity index (χ1n) is 10.6. The second-order valence-corrected chi connectivity index (χ2v) is 9.29. The fourth-order valence-corrected chi connectivity index (χ4v) is 4.76. The van der Waals surface area contributed by atoms with Crippen LogP contribution in [0.2, 0.25) is 0 Å². The van der Waals surface area contributed by atoms with E-state index in [0.717, 1.165) is 22.2 Å². The van der Waals surface area contributed by atoms with Crippen molar-refractivity contribution in [3.05, 3.63) is 93.1 Å². The van der Waals surface area contributed by atoms with Crippen LogP contribution in [0.25, 0.3) is 6.08 Å². The molecule has 0 bridgehead atoms. The molecule has 180 valence electrons. The third kappa shape index (κ3) is 6.23. The number of carbonyl (C=O) groups is 2. The largest absolute Gasteiger partial charge is 0.493 e. The first kappa shape index (κ1) is 24.8. The maximum absolute atomic E-state index is 13.0. The van der Waals surface area contributed by atoms with Crippen molar-refractivity contribution in [1.29, 1.82) is 0 Å². The Hall–Kier alpha value is -3.30. The van der Waals surface area contributed by atoms with E-state index < -0.39 is 5.91 Å². The summed E-state index contributed by atoms with van der Waals surface area (Å²) in [6.45, 7) is 0.552. The summed E-state index contributed by atoms with van der Waals surface area (Å²) in [5.41, 5.74) is 1.69. The van der Waals surface area contributed by atoms with Gasteiger partial charge in [-0.1, -0.05) is 30.3 Å². The zero-order chi connectivity index (χ0) is 24.8. The Kier molecular flexibility index (Phi) is 8.09. The molecular weight excluding hydrogens is 537 g/mol. The van der Waals surface area contributed by atoms with Gasteiger partial charge >= 0.3 is 0 Å². The molecule has 0 radical (unpaired) electrons. The van der Waals surface area contributed by atoms with Gasteiger partial charge in [-0.25, -0.2) is 4.39 Å². The van der Waals surface area contributed by atoms with E-state index in [1.54, 1.807) is 18.2 Å². The summed E-state index contributed by atoms with van der Waals surface area (Å²) in [5.74, 6) is 0.725. The van der Waals surface area contributed by atoms with Gasteiger partial charge in [0.25, 0.3) is 11.1 Å². The molecule has 1 fully saturated rings. The standard InChI is InChI=1S/C26H21BrFNO5S/c1-32-22-14-18(13-21(27)24(22)34-16-17-5-3-2-4-6-17)15-23-25(30)29(26(31)35-23)11-12-33-20-9-7-19(28)8-10-20/h2-10,13-15H,11-12,16H2,1H3/b23-15-. The lowest BCUT2D eigenvalue weighted by Gasteiger charge is -2.14. The lowest BCUT2D eigenvalue weighted by molar-refractivity contribution is -0.123. The molecule has 0 atom stereocenters. The number of imide groups is 1. The van der Waals surface area contributed by atoms with Gasteiger partial charge in [-0.15, -0.1) is 0 Å². The normalized spacial score (nSPS) is 14.5. The van der Waals surface area contributed by atoms with Gasteiger partial charge in [0.1, 0.15) is 24.8 Å². The zero-order valence-corrected chi connectivity index (χ0v) is 21.1. The van der Waals surface area contributed by atoms with Crippen molar-refractivity contribution < 1.29 is 28.2 Å². The first-order valence-corrected chi connectivity index (χ1v) is 12.2. The van der Waals surface area contributed by atoms with Crippen LogP contribution in [0, 0.1) is 5.82 Å². The van der Waals surface area contributed by atoms with E-state index in [1.807, 2.05) is 30.3 Å². The molecule has 1 heterocycles. The molecule has 0 unspecified atom stereocenters. The van der Waals surface area contributed by atoms with Crippen molar-refractivity contribution >= 4 is 44.9 Å². The Morgan fingerprint density at radius 1 is 1.03 bits per heavy atom. The van der Waals surface area contributed by atoms with Gasteiger partial charge in [-0.3, -0.25) is 14.5 Å². The Balaban J connectivity index is 1.43. The van der Waals surface area contributed by atoms with Gasteiger partial charge in [-0.2, -0.15) is 0 Å². The van der Waals surface area contributed by atoms with Crippen molar-refractivity contribution in [2.75, 3.05) is 20.3 Å². The SMILES string of the molecule is COc1cc(/C=C2\SC(=O)N(CCOc3ccc(F)cc3)C2=O)cc(Br)c1OCc1ccccc1. The summed E-state index contributed by atoms with van der Waals surface area (Å²) in [5, 5.41) is -0.377. The molecule has 1 aliphatic heterocycles. The monoisotopic (exact) mass is 557 g/mol. The van der Waals surface area contributed by atoms with Crippen LogP contribution < -0.4 is 14.2 Å². The van der Waals surface area contributed by atoms with E-state index in [9.17, 15) is 14.0 Å². The number of ether oxygens (including phenoxy) is 3. The van der Waals surface area contributed by atoms with Gasteiger partial charge in [-0.05, 0) is 81.3 Å². The van der Waals surface area contributed by atoms with E-state index >= 15 is 0 Å². The van der Waals surface area contributed by atoms with E-state index in [1.165, 1.54) is 31.4 Å². The molecule has 0 N–H and O–H groups in total. The molecular formula is C26H21BrFNO5S. The maximum Gasteiger partial charge on any atom is 0.293 e. The van der Waals surface area contributed by atoms with Crippen LogP contribution in [0.15, 0.2) is 76.1 Å². The second kappa shape index (κ2) is 11.4. The van der Waals surface area contributed by atoms with Crippen LogP contribution in [0.1, 0.15) is 11.1 Å². The van der Waals surface area contributed by atoms with E-state index in [0.29, 0.717) is 38.8 Å². The lowest BCUT2D eigenvalue weighted by atomic mass is 10.1. The minimum absolute atomic E-state index is 0.0820. The van der Waals surface area contributed by atoms with Crippen molar-refractivity contribution in [2.24, 2.45) is 0 Å². The van der Waals surface area contributed by atoms with Crippen LogP contribution in [-0.4, -0.2) is 36.3 Å². The number of thioether (sulfide) groups is 1. The highest BCUT2D eigenvalue weighted by Crippen LogP contribution is 2.39. The molecule has 2 amide bonds. The van der Waals surface area contributed by atoms with Crippen LogP contribution in [-0.2, 0) is 11.4 Å². The molecule has 1 aliphatic rings. The summed E-state index contributed by atoms with van der Waals surface area (Å²) in [7, 11) is 1.54. The highest BCUT2D eigenvalue weighted by molar-refractivity contribution is 9.10. The fourth-order valence-electron chi connectivity index (χ4n) is 3.32. The van der Waals surface area contributed by atoms with Gasteiger partial charge in [0.15, 0.2) is 11.5 Å². The quantitative estimate of drug-likeness (QED) is 0.288. The molecule has 4 rings (SSSR count). The zero-order valence-electron chi connectivity index (χ0n) is 18.7. The Labute approximate surface area is 214 Å². The van der Waals surface area contributed by atoms with Crippen LogP contribution in [0.4, 0.5) is 9.18 Å². The predicted molar refractivity (Wildman–Crippen MR) is 136 cm³/mol. The van der Waals surface area contributed by atoms with Crippen LogP contribution in [0.3, 0.4) is 0 Å². The second-order valence-electron chi connectivity index (χ2n) is 7.44. The van der Waals surface area contributed by atoms with Crippen LogP contribution in [0.5, 0.6) is 17.2 Å². The molecule has 1 saturated heterocycles. The average molecular weight is 558 g/mol. The Morgan fingerprint density at radius 3 is 2.49 bits per heavy atom. The number of hydrogen-bond acceptors (Lipinski definition) is 6. The molecule has 6 nitrogen and oxygen atoms in total. The van der Waals surface area contributed by atoms with Crippen molar-refractivity contribution in [2.45, 2.75) is 6.61 Å². The number of hydrogen-bond donors (Lipinski definition) is 0. The van der Waals surface area contributed by atoms with Gasteiger partial charge in [0, 0.05) is 0 Å². The molecule has 0 aliphatic carbocycles. The summed E-state index contributed by atoms with van der Waals surface area (Å²) in [4.78, 5) is 26.6. The minimum atomic E-state index is -0.401. The molecule has 3 aromatic rings. The maximum atomic E-state index is 13.0. The molecule has 0 aromatic heterocycles.